The standard InChI is InChI=1S/C13H13FN2O/c14-12-8-11(3-4-13(12)15)17-7-5-10-2-1-6-16-9-10/h1-4,6,8-9H,5,7,15H2. The number of halogens is 1. The lowest BCUT2D eigenvalue weighted by molar-refractivity contribution is 0.320. The third-order valence-corrected chi connectivity index (χ3v) is 2.35. The third-order valence-electron chi connectivity index (χ3n) is 2.35. The van der Waals surface area contributed by atoms with Crippen LogP contribution in [0.2, 0.25) is 0 Å². The fraction of sp³-hybridized carbons (Fsp3) is 0.154. The number of hydrogen-bond donors (Lipinski definition) is 1. The molecule has 17 heavy (non-hydrogen) atoms. The van der Waals surface area contributed by atoms with Gasteiger partial charge in [-0.25, -0.2) is 4.39 Å². The molecule has 1 aromatic heterocycles. The van der Waals surface area contributed by atoms with Gasteiger partial charge in [-0.1, -0.05) is 6.07 Å². The summed E-state index contributed by atoms with van der Waals surface area (Å²) < 4.78 is 18.5. The van der Waals surface area contributed by atoms with Gasteiger partial charge in [-0.3, -0.25) is 4.98 Å². The number of ether oxygens (including phenoxy) is 1. The number of pyridine rings is 1. The van der Waals surface area contributed by atoms with E-state index in [4.69, 9.17) is 10.5 Å². The van der Waals surface area contributed by atoms with Gasteiger partial charge in [-0.05, 0) is 23.8 Å². The van der Waals surface area contributed by atoms with E-state index in [1.165, 1.54) is 12.1 Å². The summed E-state index contributed by atoms with van der Waals surface area (Å²) in [5, 5.41) is 0. The van der Waals surface area contributed by atoms with E-state index in [0.29, 0.717) is 12.4 Å². The van der Waals surface area contributed by atoms with E-state index < -0.39 is 5.82 Å². The maximum atomic E-state index is 13.1. The van der Waals surface area contributed by atoms with Crippen molar-refractivity contribution in [3.8, 4) is 5.75 Å². The highest BCUT2D eigenvalue weighted by Crippen LogP contribution is 2.18. The molecule has 0 amide bonds. The van der Waals surface area contributed by atoms with Crippen molar-refractivity contribution in [1.82, 2.24) is 4.98 Å². The predicted octanol–water partition coefficient (Wildman–Crippen LogP) is 2.42. The molecule has 0 atom stereocenters. The molecule has 0 saturated heterocycles. The minimum absolute atomic E-state index is 0.129. The van der Waals surface area contributed by atoms with E-state index in [2.05, 4.69) is 4.98 Å². The molecular formula is C13H13FN2O. The molecule has 2 aromatic rings. The summed E-state index contributed by atoms with van der Waals surface area (Å²) in [4.78, 5) is 4.00. The van der Waals surface area contributed by atoms with E-state index in [9.17, 15) is 4.39 Å². The molecule has 0 fully saturated rings. The van der Waals surface area contributed by atoms with Crippen LogP contribution in [-0.2, 0) is 6.42 Å². The number of anilines is 1. The Hall–Kier alpha value is -2.10. The molecule has 0 radical (unpaired) electrons. The van der Waals surface area contributed by atoms with Crippen LogP contribution in [0.25, 0.3) is 0 Å². The Labute approximate surface area is 99.1 Å². The van der Waals surface area contributed by atoms with E-state index in [1.54, 1.807) is 18.5 Å². The van der Waals surface area contributed by atoms with Crippen LogP contribution in [0.4, 0.5) is 10.1 Å². The lowest BCUT2D eigenvalue weighted by Crippen LogP contribution is -2.02. The van der Waals surface area contributed by atoms with Crippen molar-refractivity contribution >= 4 is 5.69 Å². The third kappa shape index (κ3) is 3.17. The zero-order valence-corrected chi connectivity index (χ0v) is 9.27. The van der Waals surface area contributed by atoms with Crippen molar-refractivity contribution in [3.63, 3.8) is 0 Å². The summed E-state index contributed by atoms with van der Waals surface area (Å²) in [6, 6.07) is 8.28. The van der Waals surface area contributed by atoms with Gasteiger partial charge in [0.2, 0.25) is 0 Å². The molecule has 4 heteroatoms. The molecular weight excluding hydrogens is 219 g/mol. The van der Waals surface area contributed by atoms with Crippen molar-refractivity contribution in [1.29, 1.82) is 0 Å². The Morgan fingerprint density at radius 2 is 2.18 bits per heavy atom. The van der Waals surface area contributed by atoms with Crippen LogP contribution in [-0.4, -0.2) is 11.6 Å². The number of nitrogen functional groups attached to an aromatic ring is 1. The molecule has 0 aliphatic heterocycles. The Morgan fingerprint density at radius 1 is 1.29 bits per heavy atom. The highest BCUT2D eigenvalue weighted by atomic mass is 19.1. The fourth-order valence-electron chi connectivity index (χ4n) is 1.43. The Morgan fingerprint density at radius 3 is 2.88 bits per heavy atom. The minimum atomic E-state index is -0.455. The fourth-order valence-corrected chi connectivity index (χ4v) is 1.43. The second-order valence-electron chi connectivity index (χ2n) is 3.64. The second-order valence-corrected chi connectivity index (χ2v) is 3.64. The Bertz CT molecular complexity index is 488. The van der Waals surface area contributed by atoms with Crippen molar-refractivity contribution in [2.24, 2.45) is 0 Å². The average Bonchev–Trinajstić information content (AvgIpc) is 2.35. The molecule has 0 aliphatic carbocycles. The molecule has 0 spiro atoms. The first kappa shape index (κ1) is 11.4. The first-order valence-electron chi connectivity index (χ1n) is 5.32. The van der Waals surface area contributed by atoms with Gasteiger partial charge in [0.25, 0.3) is 0 Å². The molecule has 3 nitrogen and oxygen atoms in total. The minimum Gasteiger partial charge on any atom is -0.493 e. The van der Waals surface area contributed by atoms with Gasteiger partial charge in [0, 0.05) is 24.9 Å². The maximum absolute atomic E-state index is 13.1. The van der Waals surface area contributed by atoms with Gasteiger partial charge >= 0.3 is 0 Å². The maximum Gasteiger partial charge on any atom is 0.149 e. The highest BCUT2D eigenvalue weighted by molar-refractivity contribution is 5.43. The number of aromatic nitrogens is 1. The lowest BCUT2D eigenvalue weighted by Gasteiger charge is -2.06. The second kappa shape index (κ2) is 5.30. The topological polar surface area (TPSA) is 48.1 Å². The molecule has 0 saturated carbocycles. The van der Waals surface area contributed by atoms with Gasteiger partial charge in [-0.2, -0.15) is 0 Å². The largest absolute Gasteiger partial charge is 0.493 e. The number of nitrogens with zero attached hydrogens (tertiary/aromatic N) is 1. The summed E-state index contributed by atoms with van der Waals surface area (Å²) in [6.45, 7) is 0.481. The molecule has 88 valence electrons. The van der Waals surface area contributed by atoms with Crippen molar-refractivity contribution in [3.05, 3.63) is 54.1 Å². The van der Waals surface area contributed by atoms with E-state index in [-0.39, 0.29) is 5.69 Å². The first-order valence-corrected chi connectivity index (χ1v) is 5.32. The van der Waals surface area contributed by atoms with Gasteiger partial charge in [0.1, 0.15) is 11.6 Å². The van der Waals surface area contributed by atoms with Crippen molar-refractivity contribution < 1.29 is 9.13 Å². The highest BCUT2D eigenvalue weighted by Gasteiger charge is 2.01. The van der Waals surface area contributed by atoms with Gasteiger partial charge in [-0.15, -0.1) is 0 Å². The zero-order chi connectivity index (χ0) is 12.1. The Kier molecular flexibility index (Phi) is 3.55. The summed E-state index contributed by atoms with van der Waals surface area (Å²) in [6.07, 6.45) is 4.24. The monoisotopic (exact) mass is 232 g/mol. The molecule has 2 rings (SSSR count). The van der Waals surface area contributed by atoms with Crippen LogP contribution in [0.5, 0.6) is 5.75 Å². The molecule has 1 aromatic carbocycles. The van der Waals surface area contributed by atoms with Crippen LogP contribution < -0.4 is 10.5 Å². The normalized spacial score (nSPS) is 10.2. The quantitative estimate of drug-likeness (QED) is 0.823. The summed E-state index contributed by atoms with van der Waals surface area (Å²) in [5.74, 6) is 0.0319. The number of rotatable bonds is 4. The van der Waals surface area contributed by atoms with Crippen molar-refractivity contribution in [2.75, 3.05) is 12.3 Å². The van der Waals surface area contributed by atoms with Crippen LogP contribution in [0, 0.1) is 5.82 Å². The van der Waals surface area contributed by atoms with Gasteiger partial charge in [0.15, 0.2) is 0 Å². The average molecular weight is 232 g/mol. The number of hydrogen-bond acceptors (Lipinski definition) is 3. The van der Waals surface area contributed by atoms with Crippen molar-refractivity contribution in [2.45, 2.75) is 6.42 Å². The summed E-state index contributed by atoms with van der Waals surface area (Å²) >= 11 is 0. The van der Waals surface area contributed by atoms with Crippen LogP contribution in [0.3, 0.4) is 0 Å². The molecule has 0 unspecified atom stereocenters. The van der Waals surface area contributed by atoms with E-state index >= 15 is 0 Å². The van der Waals surface area contributed by atoms with E-state index in [1.807, 2.05) is 12.1 Å². The Balaban J connectivity index is 1.88. The van der Waals surface area contributed by atoms with E-state index in [0.717, 1.165) is 12.0 Å². The molecule has 0 aliphatic rings. The number of benzene rings is 1. The SMILES string of the molecule is Nc1ccc(OCCc2cccnc2)cc1F. The summed E-state index contributed by atoms with van der Waals surface area (Å²) in [5.41, 5.74) is 6.59. The smallest absolute Gasteiger partial charge is 0.149 e. The molecule has 1 heterocycles. The molecule has 2 N–H and O–H groups in total. The summed E-state index contributed by atoms with van der Waals surface area (Å²) in [7, 11) is 0. The first-order chi connectivity index (χ1) is 8.25. The van der Waals surface area contributed by atoms with Crippen LogP contribution in [0.15, 0.2) is 42.7 Å². The van der Waals surface area contributed by atoms with Gasteiger partial charge in [0.05, 0.1) is 12.3 Å². The number of nitrogens with two attached hydrogens (primary N) is 1. The van der Waals surface area contributed by atoms with Crippen LogP contribution >= 0.6 is 0 Å². The predicted molar refractivity (Wildman–Crippen MR) is 64.2 cm³/mol. The van der Waals surface area contributed by atoms with Crippen LogP contribution in [0.1, 0.15) is 5.56 Å². The zero-order valence-electron chi connectivity index (χ0n) is 9.27. The lowest BCUT2D eigenvalue weighted by atomic mass is 10.2. The molecule has 0 bridgehead atoms. The van der Waals surface area contributed by atoms with Gasteiger partial charge < -0.3 is 10.5 Å².